The zero-order valence-electron chi connectivity index (χ0n) is 15.4. The Balaban J connectivity index is 1.68. The Morgan fingerprint density at radius 3 is 2.70 bits per heavy atom. The van der Waals surface area contributed by atoms with Crippen molar-refractivity contribution in [2.24, 2.45) is 5.92 Å². The molecule has 2 aromatic rings. The second kappa shape index (κ2) is 8.10. The predicted octanol–water partition coefficient (Wildman–Crippen LogP) is 2.76. The Morgan fingerprint density at radius 1 is 1.22 bits per heavy atom. The first kappa shape index (κ1) is 19.4. The van der Waals surface area contributed by atoms with E-state index in [1.807, 2.05) is 31.2 Å². The lowest BCUT2D eigenvalue weighted by Crippen LogP contribution is -2.44. The molecule has 3 N–H and O–H groups in total. The molecular formula is C20H25N3O3S. The van der Waals surface area contributed by atoms with E-state index in [0.717, 1.165) is 11.1 Å². The van der Waals surface area contributed by atoms with Crippen molar-refractivity contribution in [3.05, 3.63) is 59.7 Å². The maximum absolute atomic E-state index is 12.8. The van der Waals surface area contributed by atoms with Crippen molar-refractivity contribution in [3.8, 4) is 0 Å². The van der Waals surface area contributed by atoms with Crippen LogP contribution < -0.4 is 11.1 Å². The molecule has 0 aliphatic carbocycles. The Hall–Kier alpha value is -2.38. The van der Waals surface area contributed by atoms with Gasteiger partial charge in [-0.2, -0.15) is 0 Å². The molecule has 144 valence electrons. The summed E-state index contributed by atoms with van der Waals surface area (Å²) >= 11 is 0. The van der Waals surface area contributed by atoms with Gasteiger partial charge in [-0.15, -0.1) is 0 Å². The zero-order valence-corrected chi connectivity index (χ0v) is 16.2. The Labute approximate surface area is 160 Å². The molecule has 27 heavy (non-hydrogen) atoms. The van der Waals surface area contributed by atoms with Crippen molar-refractivity contribution in [3.63, 3.8) is 0 Å². The second-order valence-electron chi connectivity index (χ2n) is 7.00. The van der Waals surface area contributed by atoms with Crippen molar-refractivity contribution in [1.29, 1.82) is 0 Å². The number of carbonyl (C=O) groups is 1. The molecule has 0 bridgehead atoms. The number of nitrogens with two attached hydrogens (primary N) is 1. The molecule has 2 aromatic carbocycles. The van der Waals surface area contributed by atoms with Crippen LogP contribution >= 0.6 is 0 Å². The summed E-state index contributed by atoms with van der Waals surface area (Å²) in [5.41, 5.74) is 8.71. The first-order valence-corrected chi connectivity index (χ1v) is 10.6. The lowest BCUT2D eigenvalue weighted by atomic mass is 9.98. The minimum atomic E-state index is -3.46. The Kier molecular flexibility index (Phi) is 5.82. The first-order chi connectivity index (χ1) is 12.8. The quantitative estimate of drug-likeness (QED) is 0.772. The van der Waals surface area contributed by atoms with E-state index in [4.69, 9.17) is 5.73 Å². The van der Waals surface area contributed by atoms with E-state index < -0.39 is 10.0 Å². The van der Waals surface area contributed by atoms with Crippen LogP contribution in [0.2, 0.25) is 0 Å². The molecule has 6 nitrogen and oxygen atoms in total. The van der Waals surface area contributed by atoms with Crippen LogP contribution in [0, 0.1) is 12.8 Å². The summed E-state index contributed by atoms with van der Waals surface area (Å²) in [5, 5.41) is 2.90. The van der Waals surface area contributed by atoms with Gasteiger partial charge in [0.1, 0.15) is 0 Å². The number of piperidine rings is 1. The van der Waals surface area contributed by atoms with Crippen LogP contribution in [0.1, 0.15) is 24.0 Å². The van der Waals surface area contributed by atoms with Crippen molar-refractivity contribution in [2.45, 2.75) is 25.5 Å². The number of sulfonamides is 1. The van der Waals surface area contributed by atoms with Gasteiger partial charge in [0.15, 0.2) is 0 Å². The van der Waals surface area contributed by atoms with E-state index in [9.17, 15) is 13.2 Å². The molecule has 7 heteroatoms. The van der Waals surface area contributed by atoms with Crippen LogP contribution in [-0.4, -0.2) is 31.7 Å². The standard InChI is InChI=1S/C20H25N3O3S/c1-15-9-10-18(21)12-19(15)22-20(24)17-8-5-11-23(13-17)27(25,26)14-16-6-3-2-4-7-16/h2-4,6-7,9-10,12,17H,5,8,11,13-14,21H2,1H3,(H,22,24). The highest BCUT2D eigenvalue weighted by Crippen LogP contribution is 2.24. The molecule has 1 aliphatic rings. The van der Waals surface area contributed by atoms with Gasteiger partial charge < -0.3 is 11.1 Å². The van der Waals surface area contributed by atoms with Gasteiger partial charge in [-0.1, -0.05) is 36.4 Å². The van der Waals surface area contributed by atoms with E-state index in [-0.39, 0.29) is 24.1 Å². The normalized spacial score (nSPS) is 18.2. The maximum atomic E-state index is 12.8. The molecule has 3 rings (SSSR count). The van der Waals surface area contributed by atoms with Crippen molar-refractivity contribution < 1.29 is 13.2 Å². The number of aryl methyl sites for hydroxylation is 1. The van der Waals surface area contributed by atoms with E-state index >= 15 is 0 Å². The van der Waals surface area contributed by atoms with Crippen molar-refractivity contribution in [1.82, 2.24) is 4.31 Å². The highest BCUT2D eigenvalue weighted by Gasteiger charge is 2.32. The topological polar surface area (TPSA) is 92.5 Å². The van der Waals surface area contributed by atoms with Crippen molar-refractivity contribution >= 4 is 27.3 Å². The van der Waals surface area contributed by atoms with E-state index in [1.165, 1.54) is 4.31 Å². The number of carbonyl (C=O) groups excluding carboxylic acids is 1. The fraction of sp³-hybridized carbons (Fsp3) is 0.350. The minimum absolute atomic E-state index is 0.0451. The van der Waals surface area contributed by atoms with Crippen LogP contribution in [0.15, 0.2) is 48.5 Å². The number of benzene rings is 2. The van der Waals surface area contributed by atoms with Crippen LogP contribution in [0.25, 0.3) is 0 Å². The first-order valence-electron chi connectivity index (χ1n) is 9.04. The fourth-order valence-electron chi connectivity index (χ4n) is 3.29. The van der Waals surface area contributed by atoms with Gasteiger partial charge in [0.05, 0.1) is 11.7 Å². The number of hydrogen-bond donors (Lipinski definition) is 2. The number of nitrogens with zero attached hydrogens (tertiary/aromatic N) is 1. The summed E-state index contributed by atoms with van der Waals surface area (Å²) in [7, 11) is -3.46. The van der Waals surface area contributed by atoms with Gasteiger partial charge in [0.2, 0.25) is 15.9 Å². The van der Waals surface area contributed by atoms with Crippen molar-refractivity contribution in [2.75, 3.05) is 24.1 Å². The number of rotatable bonds is 5. The molecule has 1 fully saturated rings. The number of amides is 1. The maximum Gasteiger partial charge on any atom is 0.228 e. The third-order valence-corrected chi connectivity index (χ3v) is 6.68. The number of hydrogen-bond acceptors (Lipinski definition) is 4. The third kappa shape index (κ3) is 4.87. The molecule has 1 heterocycles. The SMILES string of the molecule is Cc1ccc(N)cc1NC(=O)C1CCCN(S(=O)(=O)Cc2ccccc2)C1. The number of nitrogen functional groups attached to an aromatic ring is 1. The summed E-state index contributed by atoms with van der Waals surface area (Å²) in [5.74, 6) is -0.579. The summed E-state index contributed by atoms with van der Waals surface area (Å²) in [6, 6.07) is 14.5. The van der Waals surface area contributed by atoms with E-state index in [2.05, 4.69) is 5.32 Å². The smallest absolute Gasteiger partial charge is 0.228 e. The molecule has 1 saturated heterocycles. The van der Waals surface area contributed by atoms with Gasteiger partial charge >= 0.3 is 0 Å². The van der Waals surface area contributed by atoms with Gasteiger partial charge in [-0.05, 0) is 43.0 Å². The minimum Gasteiger partial charge on any atom is -0.399 e. The van der Waals surface area contributed by atoms with Gasteiger partial charge in [-0.25, -0.2) is 12.7 Å². The van der Waals surface area contributed by atoms with Gasteiger partial charge in [0, 0.05) is 24.5 Å². The van der Waals surface area contributed by atoms with Crippen LogP contribution in [0.3, 0.4) is 0 Å². The zero-order chi connectivity index (χ0) is 19.4. The average Bonchev–Trinajstić information content (AvgIpc) is 2.65. The lowest BCUT2D eigenvalue weighted by Gasteiger charge is -2.31. The van der Waals surface area contributed by atoms with E-state index in [0.29, 0.717) is 30.8 Å². The molecule has 1 amide bonds. The molecule has 0 saturated carbocycles. The van der Waals surface area contributed by atoms with E-state index in [1.54, 1.807) is 24.3 Å². The monoisotopic (exact) mass is 387 g/mol. The number of anilines is 2. The lowest BCUT2D eigenvalue weighted by molar-refractivity contribution is -0.120. The summed E-state index contributed by atoms with van der Waals surface area (Å²) in [6.45, 7) is 2.56. The Bertz CT molecular complexity index is 913. The average molecular weight is 388 g/mol. The largest absolute Gasteiger partial charge is 0.399 e. The molecular weight excluding hydrogens is 362 g/mol. The van der Waals surface area contributed by atoms with Crippen LogP contribution in [0.4, 0.5) is 11.4 Å². The molecule has 0 radical (unpaired) electrons. The van der Waals surface area contributed by atoms with Gasteiger partial charge in [0.25, 0.3) is 0 Å². The van der Waals surface area contributed by atoms with Gasteiger partial charge in [-0.3, -0.25) is 4.79 Å². The molecule has 1 atom stereocenters. The predicted molar refractivity (Wildman–Crippen MR) is 108 cm³/mol. The second-order valence-corrected chi connectivity index (χ2v) is 8.97. The summed E-state index contributed by atoms with van der Waals surface area (Å²) < 4.78 is 27.0. The summed E-state index contributed by atoms with van der Waals surface area (Å²) in [4.78, 5) is 12.7. The molecule has 0 spiro atoms. The Morgan fingerprint density at radius 2 is 1.96 bits per heavy atom. The molecule has 1 unspecified atom stereocenters. The van der Waals surface area contributed by atoms with Crippen LogP contribution in [-0.2, 0) is 20.6 Å². The summed E-state index contributed by atoms with van der Waals surface area (Å²) in [6.07, 6.45) is 1.34. The molecule has 1 aliphatic heterocycles. The number of nitrogens with one attached hydrogen (secondary N) is 1. The third-order valence-electron chi connectivity index (χ3n) is 4.86. The highest BCUT2D eigenvalue weighted by atomic mass is 32.2. The fourth-order valence-corrected chi connectivity index (χ4v) is 4.90. The van der Waals surface area contributed by atoms with Crippen LogP contribution in [0.5, 0.6) is 0 Å². The highest BCUT2D eigenvalue weighted by molar-refractivity contribution is 7.88. The molecule has 0 aromatic heterocycles.